The Kier molecular flexibility index (Phi) is 4.82. The molecule has 9 heteroatoms. The second kappa shape index (κ2) is 7.04. The van der Waals surface area contributed by atoms with Gasteiger partial charge in [0.15, 0.2) is 11.9 Å². The lowest BCUT2D eigenvalue weighted by Gasteiger charge is -2.31. The lowest BCUT2D eigenvalue weighted by atomic mass is 9.88. The zero-order valence-corrected chi connectivity index (χ0v) is 13.6. The zero-order chi connectivity index (χ0) is 18.0. The van der Waals surface area contributed by atoms with Crippen LogP contribution in [0.5, 0.6) is 0 Å². The SMILES string of the molecule is CC(=O)N1CCC(C2=NNC(=O)[C@@H]2N=Nc2ccc(F)cc2F)CC1. The van der Waals surface area contributed by atoms with E-state index in [0.29, 0.717) is 37.7 Å². The predicted molar refractivity (Wildman–Crippen MR) is 85.2 cm³/mol. The number of nitrogens with one attached hydrogen (secondary N) is 1. The number of nitrogens with zero attached hydrogens (tertiary/aromatic N) is 4. The number of piperidine rings is 1. The second-order valence-electron chi connectivity index (χ2n) is 6.01. The van der Waals surface area contributed by atoms with Gasteiger partial charge < -0.3 is 4.90 Å². The molecule has 0 saturated carbocycles. The summed E-state index contributed by atoms with van der Waals surface area (Å²) >= 11 is 0. The summed E-state index contributed by atoms with van der Waals surface area (Å²) in [6, 6.07) is 2.00. The number of halogens is 2. The number of hydrazone groups is 1. The van der Waals surface area contributed by atoms with Gasteiger partial charge in [0, 0.05) is 32.0 Å². The van der Waals surface area contributed by atoms with Crippen molar-refractivity contribution in [2.75, 3.05) is 13.1 Å². The van der Waals surface area contributed by atoms with Crippen molar-refractivity contribution in [1.82, 2.24) is 10.3 Å². The standard InChI is InChI=1S/C16H17F2N5O2/c1-9(24)23-6-4-10(5-7-23)14-15(16(25)22-20-14)21-19-13-3-2-11(17)8-12(13)18/h2-3,8,10,15H,4-7H2,1H3,(H,22,25)/t15-/m1/s1. The van der Waals surface area contributed by atoms with Gasteiger partial charge in [0.25, 0.3) is 5.91 Å². The van der Waals surface area contributed by atoms with E-state index >= 15 is 0 Å². The molecule has 0 spiro atoms. The molecular weight excluding hydrogens is 332 g/mol. The van der Waals surface area contributed by atoms with Crippen molar-refractivity contribution < 1.29 is 18.4 Å². The molecule has 1 atom stereocenters. The summed E-state index contributed by atoms with van der Waals surface area (Å²) in [6.07, 6.45) is 1.34. The molecule has 1 N–H and O–H groups in total. The molecule has 0 radical (unpaired) electrons. The number of azo groups is 1. The van der Waals surface area contributed by atoms with Gasteiger partial charge in [-0.2, -0.15) is 15.3 Å². The third-order valence-corrected chi connectivity index (χ3v) is 4.37. The third kappa shape index (κ3) is 3.70. The maximum atomic E-state index is 13.6. The van der Waals surface area contributed by atoms with Crippen molar-refractivity contribution in [1.29, 1.82) is 0 Å². The Labute approximate surface area is 142 Å². The molecule has 0 aromatic heterocycles. The minimum Gasteiger partial charge on any atom is -0.343 e. The molecule has 0 aliphatic carbocycles. The molecule has 3 rings (SSSR count). The number of amides is 2. The number of carbonyl (C=O) groups excluding carboxylic acids is 2. The Hall–Kier alpha value is -2.71. The average molecular weight is 349 g/mol. The Bertz CT molecular complexity index is 757. The summed E-state index contributed by atoms with van der Waals surface area (Å²) in [5, 5.41) is 11.7. The highest BCUT2D eigenvalue weighted by molar-refractivity contribution is 6.12. The summed E-state index contributed by atoms with van der Waals surface area (Å²) in [6.45, 7) is 2.69. The first-order valence-corrected chi connectivity index (χ1v) is 7.94. The largest absolute Gasteiger partial charge is 0.343 e. The fraction of sp³-hybridized carbons (Fsp3) is 0.438. The van der Waals surface area contributed by atoms with E-state index in [0.717, 1.165) is 12.1 Å². The fourth-order valence-corrected chi connectivity index (χ4v) is 2.97. The number of carbonyl (C=O) groups is 2. The van der Waals surface area contributed by atoms with Crippen molar-refractivity contribution in [3.63, 3.8) is 0 Å². The number of hydrogen-bond donors (Lipinski definition) is 1. The molecule has 2 amide bonds. The molecule has 25 heavy (non-hydrogen) atoms. The maximum Gasteiger partial charge on any atom is 0.272 e. The van der Waals surface area contributed by atoms with E-state index in [9.17, 15) is 18.4 Å². The van der Waals surface area contributed by atoms with Crippen LogP contribution in [-0.4, -0.2) is 41.6 Å². The van der Waals surface area contributed by atoms with E-state index in [4.69, 9.17) is 0 Å². The van der Waals surface area contributed by atoms with Crippen LogP contribution in [0.3, 0.4) is 0 Å². The van der Waals surface area contributed by atoms with Gasteiger partial charge in [-0.25, -0.2) is 14.2 Å². The third-order valence-electron chi connectivity index (χ3n) is 4.37. The van der Waals surface area contributed by atoms with Crippen LogP contribution in [0.25, 0.3) is 0 Å². The number of benzene rings is 1. The van der Waals surface area contributed by atoms with E-state index in [1.807, 2.05) is 0 Å². The minimum atomic E-state index is -0.932. The minimum absolute atomic E-state index is 0.00318. The van der Waals surface area contributed by atoms with Gasteiger partial charge >= 0.3 is 0 Å². The van der Waals surface area contributed by atoms with Gasteiger partial charge in [0.05, 0.1) is 5.71 Å². The molecule has 132 valence electrons. The van der Waals surface area contributed by atoms with Gasteiger partial charge in [-0.1, -0.05) is 0 Å². The Balaban J connectivity index is 1.72. The maximum absolute atomic E-state index is 13.6. The zero-order valence-electron chi connectivity index (χ0n) is 13.6. The van der Waals surface area contributed by atoms with Crippen LogP contribution in [0.15, 0.2) is 33.5 Å². The highest BCUT2D eigenvalue weighted by Gasteiger charge is 2.37. The van der Waals surface area contributed by atoms with E-state index in [1.165, 1.54) is 6.92 Å². The molecule has 1 fully saturated rings. The summed E-state index contributed by atoms with van der Waals surface area (Å²) in [5.41, 5.74) is 2.77. The van der Waals surface area contributed by atoms with Gasteiger partial charge in [0.2, 0.25) is 5.91 Å². The average Bonchev–Trinajstić information content (AvgIpc) is 2.95. The first-order valence-electron chi connectivity index (χ1n) is 7.94. The van der Waals surface area contributed by atoms with E-state index < -0.39 is 23.6 Å². The van der Waals surface area contributed by atoms with Crippen LogP contribution in [0.2, 0.25) is 0 Å². The number of likely N-dealkylation sites (tertiary alicyclic amines) is 1. The molecule has 1 saturated heterocycles. The van der Waals surface area contributed by atoms with Crippen LogP contribution < -0.4 is 5.43 Å². The first kappa shape index (κ1) is 17.1. The van der Waals surface area contributed by atoms with E-state index in [2.05, 4.69) is 20.8 Å². The number of hydrogen-bond acceptors (Lipinski definition) is 5. The van der Waals surface area contributed by atoms with Crippen molar-refractivity contribution in [3.05, 3.63) is 29.8 Å². The quantitative estimate of drug-likeness (QED) is 0.848. The van der Waals surface area contributed by atoms with Gasteiger partial charge in [-0.15, -0.1) is 0 Å². The van der Waals surface area contributed by atoms with Crippen molar-refractivity contribution in [2.45, 2.75) is 25.8 Å². The molecule has 2 aliphatic heterocycles. The first-order chi connectivity index (χ1) is 12.0. The predicted octanol–water partition coefficient (Wildman–Crippen LogP) is 2.16. The molecular formula is C16H17F2N5O2. The van der Waals surface area contributed by atoms with Crippen molar-refractivity contribution >= 4 is 23.2 Å². The highest BCUT2D eigenvalue weighted by Crippen LogP contribution is 2.25. The van der Waals surface area contributed by atoms with Crippen LogP contribution in [0.4, 0.5) is 14.5 Å². The van der Waals surface area contributed by atoms with Gasteiger partial charge in [-0.3, -0.25) is 9.59 Å². The Morgan fingerprint density at radius 3 is 2.68 bits per heavy atom. The van der Waals surface area contributed by atoms with Crippen LogP contribution >= 0.6 is 0 Å². The van der Waals surface area contributed by atoms with Crippen LogP contribution in [-0.2, 0) is 9.59 Å². The van der Waals surface area contributed by atoms with E-state index in [-0.39, 0.29) is 17.5 Å². The fourth-order valence-electron chi connectivity index (χ4n) is 2.97. The topological polar surface area (TPSA) is 86.5 Å². The molecule has 0 bridgehead atoms. The molecule has 2 heterocycles. The van der Waals surface area contributed by atoms with Gasteiger partial charge in [0.1, 0.15) is 11.5 Å². The Morgan fingerprint density at radius 2 is 2.04 bits per heavy atom. The van der Waals surface area contributed by atoms with Gasteiger partial charge in [-0.05, 0) is 25.0 Å². The summed E-state index contributed by atoms with van der Waals surface area (Å²) < 4.78 is 26.6. The van der Waals surface area contributed by atoms with Crippen LogP contribution in [0, 0.1) is 17.6 Å². The van der Waals surface area contributed by atoms with Crippen LogP contribution in [0.1, 0.15) is 19.8 Å². The van der Waals surface area contributed by atoms with E-state index in [1.54, 1.807) is 4.90 Å². The molecule has 2 aliphatic rings. The Morgan fingerprint density at radius 1 is 1.32 bits per heavy atom. The smallest absolute Gasteiger partial charge is 0.272 e. The van der Waals surface area contributed by atoms with Crippen molar-refractivity contribution in [2.24, 2.45) is 21.2 Å². The summed E-state index contributed by atoms with van der Waals surface area (Å²) in [5.74, 6) is -1.99. The molecule has 1 aromatic carbocycles. The lowest BCUT2D eigenvalue weighted by molar-refractivity contribution is -0.130. The van der Waals surface area contributed by atoms with Crippen molar-refractivity contribution in [3.8, 4) is 0 Å². The number of rotatable bonds is 3. The second-order valence-corrected chi connectivity index (χ2v) is 6.01. The highest BCUT2D eigenvalue weighted by atomic mass is 19.1. The normalized spacial score (nSPS) is 21.6. The molecule has 7 nitrogen and oxygen atoms in total. The monoisotopic (exact) mass is 349 g/mol. The summed E-state index contributed by atoms with van der Waals surface area (Å²) in [7, 11) is 0. The molecule has 0 unspecified atom stereocenters. The lowest BCUT2D eigenvalue weighted by Crippen LogP contribution is -2.41. The summed E-state index contributed by atoms with van der Waals surface area (Å²) in [4.78, 5) is 25.1. The molecule has 1 aromatic rings.